The first-order valence-electron chi connectivity index (χ1n) is 8.04. The summed E-state index contributed by atoms with van der Waals surface area (Å²) in [5.41, 5.74) is 2.82. The first-order chi connectivity index (χ1) is 11.2. The van der Waals surface area contributed by atoms with Gasteiger partial charge in [-0.2, -0.15) is 5.26 Å². The topological polar surface area (TPSA) is 44.1 Å². The van der Waals surface area contributed by atoms with Crippen molar-refractivity contribution in [2.45, 2.75) is 25.8 Å². The average Bonchev–Trinajstić information content (AvgIpc) is 2.96. The van der Waals surface area contributed by atoms with Crippen LogP contribution >= 0.6 is 0 Å². The van der Waals surface area contributed by atoms with E-state index in [4.69, 9.17) is 0 Å². The molecular weight excluding hydrogens is 284 g/mol. The van der Waals surface area contributed by atoms with Crippen LogP contribution in [-0.4, -0.2) is 17.4 Å². The lowest BCUT2D eigenvalue weighted by Crippen LogP contribution is -2.30. The van der Waals surface area contributed by atoms with Crippen molar-refractivity contribution in [3.05, 3.63) is 71.3 Å². The highest BCUT2D eigenvalue weighted by atomic mass is 16.2. The van der Waals surface area contributed by atoms with Gasteiger partial charge in [0.25, 0.3) is 0 Å². The van der Waals surface area contributed by atoms with Crippen LogP contribution in [-0.2, 0) is 11.2 Å². The number of likely N-dealkylation sites (tertiary alicyclic amines) is 1. The predicted octanol–water partition coefficient (Wildman–Crippen LogP) is 3.71. The van der Waals surface area contributed by atoms with Gasteiger partial charge in [0.2, 0.25) is 5.91 Å². The summed E-state index contributed by atoms with van der Waals surface area (Å²) in [6, 6.07) is 20.0. The first kappa shape index (κ1) is 15.3. The highest BCUT2D eigenvalue weighted by molar-refractivity contribution is 5.81. The summed E-state index contributed by atoms with van der Waals surface area (Å²) in [4.78, 5) is 14.7. The SMILES string of the molecule is C[C@H](c1ccccc1)N1CC[C@@H](Cc2ccccc2C#N)C1=O. The first-order valence-corrected chi connectivity index (χ1v) is 8.04. The van der Waals surface area contributed by atoms with E-state index in [1.165, 1.54) is 5.56 Å². The molecule has 1 aliphatic rings. The van der Waals surface area contributed by atoms with E-state index in [9.17, 15) is 10.1 Å². The van der Waals surface area contributed by atoms with Crippen LogP contribution in [0.2, 0.25) is 0 Å². The summed E-state index contributed by atoms with van der Waals surface area (Å²) in [5, 5.41) is 9.20. The largest absolute Gasteiger partial charge is 0.336 e. The van der Waals surface area contributed by atoms with Crippen LogP contribution in [0.25, 0.3) is 0 Å². The maximum Gasteiger partial charge on any atom is 0.226 e. The van der Waals surface area contributed by atoms with Crippen molar-refractivity contribution in [2.75, 3.05) is 6.54 Å². The number of benzene rings is 2. The maximum atomic E-state index is 12.8. The monoisotopic (exact) mass is 304 g/mol. The summed E-state index contributed by atoms with van der Waals surface area (Å²) < 4.78 is 0. The van der Waals surface area contributed by atoms with Gasteiger partial charge in [0.1, 0.15) is 0 Å². The minimum atomic E-state index is -0.0179. The molecule has 2 aromatic carbocycles. The molecule has 1 saturated heterocycles. The van der Waals surface area contributed by atoms with Crippen molar-refractivity contribution in [1.82, 2.24) is 4.90 Å². The third-order valence-electron chi connectivity index (χ3n) is 4.70. The molecule has 0 radical (unpaired) electrons. The van der Waals surface area contributed by atoms with E-state index in [1.54, 1.807) is 0 Å². The average molecular weight is 304 g/mol. The van der Waals surface area contributed by atoms with Gasteiger partial charge in [0, 0.05) is 12.5 Å². The molecule has 1 aliphatic heterocycles. The zero-order valence-electron chi connectivity index (χ0n) is 13.3. The second kappa shape index (κ2) is 6.66. The third-order valence-corrected chi connectivity index (χ3v) is 4.70. The van der Waals surface area contributed by atoms with Crippen LogP contribution in [0.5, 0.6) is 0 Å². The van der Waals surface area contributed by atoms with E-state index < -0.39 is 0 Å². The number of carbonyl (C=O) groups excluding carboxylic acids is 1. The van der Waals surface area contributed by atoms with Crippen LogP contribution in [0, 0.1) is 17.2 Å². The van der Waals surface area contributed by atoms with Gasteiger partial charge in [-0.25, -0.2) is 0 Å². The molecule has 0 bridgehead atoms. The van der Waals surface area contributed by atoms with Gasteiger partial charge in [-0.3, -0.25) is 4.79 Å². The van der Waals surface area contributed by atoms with Crippen molar-refractivity contribution in [3.63, 3.8) is 0 Å². The van der Waals surface area contributed by atoms with Crippen LogP contribution < -0.4 is 0 Å². The quantitative estimate of drug-likeness (QED) is 0.864. The number of nitriles is 1. The molecule has 0 aromatic heterocycles. The number of hydrogen-bond donors (Lipinski definition) is 0. The van der Waals surface area contributed by atoms with E-state index in [0.717, 1.165) is 18.5 Å². The molecule has 2 atom stereocenters. The third kappa shape index (κ3) is 3.12. The summed E-state index contributed by atoms with van der Waals surface area (Å²) in [5.74, 6) is 0.185. The van der Waals surface area contributed by atoms with E-state index >= 15 is 0 Å². The van der Waals surface area contributed by atoms with Crippen molar-refractivity contribution in [3.8, 4) is 6.07 Å². The Labute approximate surface area is 137 Å². The standard InChI is InChI=1S/C20H20N2O/c1-15(16-7-3-2-4-8-16)22-12-11-18(20(22)23)13-17-9-5-6-10-19(17)14-21/h2-10,15,18H,11-13H2,1H3/t15-,18+/m1/s1. The number of carbonyl (C=O) groups is 1. The van der Waals surface area contributed by atoms with Gasteiger partial charge >= 0.3 is 0 Å². The van der Waals surface area contributed by atoms with Crippen molar-refractivity contribution in [2.24, 2.45) is 5.92 Å². The Morgan fingerprint density at radius 3 is 2.61 bits per heavy atom. The Kier molecular flexibility index (Phi) is 4.43. The fourth-order valence-corrected chi connectivity index (χ4v) is 3.32. The number of amides is 1. The lowest BCUT2D eigenvalue weighted by Gasteiger charge is -2.25. The Morgan fingerprint density at radius 2 is 1.87 bits per heavy atom. The maximum absolute atomic E-state index is 12.8. The van der Waals surface area contributed by atoms with Crippen LogP contribution in [0.15, 0.2) is 54.6 Å². The van der Waals surface area contributed by atoms with Gasteiger partial charge in [-0.1, -0.05) is 48.5 Å². The molecule has 0 saturated carbocycles. The second-order valence-corrected chi connectivity index (χ2v) is 6.08. The fraction of sp³-hybridized carbons (Fsp3) is 0.300. The molecule has 1 amide bonds. The molecule has 3 rings (SSSR count). The molecule has 3 nitrogen and oxygen atoms in total. The van der Waals surface area contributed by atoms with Gasteiger partial charge in [0.15, 0.2) is 0 Å². The normalized spacial score (nSPS) is 18.7. The van der Waals surface area contributed by atoms with Gasteiger partial charge in [-0.15, -0.1) is 0 Å². The van der Waals surface area contributed by atoms with Gasteiger partial charge in [0.05, 0.1) is 17.7 Å². The minimum Gasteiger partial charge on any atom is -0.336 e. The van der Waals surface area contributed by atoms with Crippen LogP contribution in [0.3, 0.4) is 0 Å². The summed E-state index contributed by atoms with van der Waals surface area (Å²) in [6.45, 7) is 2.87. The molecule has 0 N–H and O–H groups in total. The lowest BCUT2D eigenvalue weighted by molar-refractivity contribution is -0.132. The van der Waals surface area contributed by atoms with E-state index in [2.05, 4.69) is 25.1 Å². The highest BCUT2D eigenvalue weighted by Crippen LogP contribution is 2.30. The number of nitrogens with zero attached hydrogens (tertiary/aromatic N) is 2. The minimum absolute atomic E-state index is 0.0179. The van der Waals surface area contributed by atoms with E-state index in [0.29, 0.717) is 12.0 Å². The van der Waals surface area contributed by atoms with Crippen molar-refractivity contribution in [1.29, 1.82) is 5.26 Å². The molecule has 0 spiro atoms. The smallest absolute Gasteiger partial charge is 0.226 e. The van der Waals surface area contributed by atoms with Crippen molar-refractivity contribution < 1.29 is 4.79 Å². The molecule has 1 heterocycles. The zero-order valence-corrected chi connectivity index (χ0v) is 13.3. The number of hydrogen-bond acceptors (Lipinski definition) is 2. The molecular formula is C20H20N2O. The molecule has 1 fully saturated rings. The molecule has 2 aromatic rings. The van der Waals surface area contributed by atoms with Gasteiger partial charge in [-0.05, 0) is 37.0 Å². The number of rotatable bonds is 4. The van der Waals surface area contributed by atoms with E-state index in [-0.39, 0.29) is 17.9 Å². The molecule has 0 unspecified atom stereocenters. The molecule has 23 heavy (non-hydrogen) atoms. The molecule has 0 aliphatic carbocycles. The van der Waals surface area contributed by atoms with Gasteiger partial charge < -0.3 is 4.90 Å². The van der Waals surface area contributed by atoms with Crippen LogP contribution in [0.1, 0.15) is 36.1 Å². The summed E-state index contributed by atoms with van der Waals surface area (Å²) in [7, 11) is 0. The Bertz CT molecular complexity index is 733. The fourth-order valence-electron chi connectivity index (χ4n) is 3.32. The highest BCUT2D eigenvalue weighted by Gasteiger charge is 2.34. The lowest BCUT2D eigenvalue weighted by atomic mass is 9.95. The zero-order chi connectivity index (χ0) is 16.2. The van der Waals surface area contributed by atoms with Crippen molar-refractivity contribution >= 4 is 5.91 Å². The summed E-state index contributed by atoms with van der Waals surface area (Å²) >= 11 is 0. The Morgan fingerprint density at radius 1 is 1.17 bits per heavy atom. The predicted molar refractivity (Wildman–Crippen MR) is 89.5 cm³/mol. The molecule has 3 heteroatoms. The Hall–Kier alpha value is -2.60. The second-order valence-electron chi connectivity index (χ2n) is 6.08. The molecule has 116 valence electrons. The van der Waals surface area contributed by atoms with E-state index in [1.807, 2.05) is 47.4 Å². The summed E-state index contributed by atoms with van der Waals surface area (Å²) in [6.07, 6.45) is 1.51. The Balaban J connectivity index is 1.73. The van der Waals surface area contributed by atoms with Crippen LogP contribution in [0.4, 0.5) is 0 Å².